The zero-order chi connectivity index (χ0) is 15.5. The second kappa shape index (κ2) is 6.59. The summed E-state index contributed by atoms with van der Waals surface area (Å²) in [4.78, 5) is 4.35. The maximum Gasteiger partial charge on any atom is 0.213 e. The summed E-state index contributed by atoms with van der Waals surface area (Å²) in [7, 11) is 0. The minimum Gasteiger partial charge on any atom is -0.493 e. The third kappa shape index (κ3) is 3.32. The molecule has 1 N–H and O–H groups in total. The Morgan fingerprint density at radius 3 is 3.04 bits per heavy atom. The van der Waals surface area contributed by atoms with Crippen LogP contribution in [0.3, 0.4) is 0 Å². The molecule has 2 aliphatic heterocycles. The lowest BCUT2D eigenvalue weighted by atomic mass is 10.0. The average molecular weight is 310 g/mol. The molecule has 23 heavy (non-hydrogen) atoms. The number of piperidine rings is 1. The fourth-order valence-corrected chi connectivity index (χ4v) is 3.29. The molecule has 4 nitrogen and oxygen atoms in total. The Bertz CT molecular complexity index is 681. The number of ether oxygens (including phenoxy) is 2. The van der Waals surface area contributed by atoms with E-state index in [1.165, 1.54) is 30.4 Å². The third-order valence-corrected chi connectivity index (χ3v) is 4.60. The van der Waals surface area contributed by atoms with Gasteiger partial charge in [0.15, 0.2) is 0 Å². The number of nitrogens with one attached hydrogen (secondary N) is 1. The Hall–Kier alpha value is -2.07. The van der Waals surface area contributed by atoms with Crippen molar-refractivity contribution in [3.8, 4) is 22.8 Å². The number of pyridine rings is 1. The molecular formula is C19H22N2O2. The van der Waals surface area contributed by atoms with Gasteiger partial charge in [-0.05, 0) is 54.3 Å². The summed E-state index contributed by atoms with van der Waals surface area (Å²) in [6.07, 6.45) is 6.55. The van der Waals surface area contributed by atoms with Crippen molar-refractivity contribution in [3.05, 3.63) is 42.1 Å². The Labute approximate surface area is 136 Å². The standard InChI is InChI=1S/C19H22N2O2/c1-2-8-20-17(3-1)13-23-19-12-15(6-9-21-19)14-4-5-18-16(11-14)7-10-22-18/h4-6,9,11-12,17,20H,1-3,7-8,10,13H2. The summed E-state index contributed by atoms with van der Waals surface area (Å²) in [6.45, 7) is 2.57. The number of rotatable bonds is 4. The highest BCUT2D eigenvalue weighted by Gasteiger charge is 2.15. The van der Waals surface area contributed by atoms with Crippen LogP contribution in [0.1, 0.15) is 24.8 Å². The van der Waals surface area contributed by atoms with Crippen LogP contribution in [-0.4, -0.2) is 30.8 Å². The van der Waals surface area contributed by atoms with Gasteiger partial charge in [-0.25, -0.2) is 4.98 Å². The monoisotopic (exact) mass is 310 g/mol. The van der Waals surface area contributed by atoms with E-state index < -0.39 is 0 Å². The number of hydrogen-bond acceptors (Lipinski definition) is 4. The summed E-state index contributed by atoms with van der Waals surface area (Å²) < 4.78 is 11.5. The van der Waals surface area contributed by atoms with Gasteiger partial charge >= 0.3 is 0 Å². The number of nitrogens with zero attached hydrogens (tertiary/aromatic N) is 1. The summed E-state index contributed by atoms with van der Waals surface area (Å²) in [5.41, 5.74) is 3.62. The first-order valence-electron chi connectivity index (χ1n) is 8.47. The van der Waals surface area contributed by atoms with Gasteiger partial charge in [0.05, 0.1) is 6.61 Å². The van der Waals surface area contributed by atoms with Crippen LogP contribution in [0.4, 0.5) is 0 Å². The smallest absolute Gasteiger partial charge is 0.213 e. The van der Waals surface area contributed by atoms with Crippen LogP contribution >= 0.6 is 0 Å². The van der Waals surface area contributed by atoms with E-state index in [9.17, 15) is 0 Å². The zero-order valence-electron chi connectivity index (χ0n) is 13.3. The van der Waals surface area contributed by atoms with E-state index in [0.29, 0.717) is 18.5 Å². The molecule has 0 radical (unpaired) electrons. The van der Waals surface area contributed by atoms with Gasteiger partial charge in [-0.15, -0.1) is 0 Å². The Morgan fingerprint density at radius 2 is 2.13 bits per heavy atom. The van der Waals surface area contributed by atoms with E-state index in [1.807, 2.05) is 18.3 Å². The fraction of sp³-hybridized carbons (Fsp3) is 0.421. The van der Waals surface area contributed by atoms with Crippen LogP contribution < -0.4 is 14.8 Å². The van der Waals surface area contributed by atoms with Gasteiger partial charge in [-0.2, -0.15) is 0 Å². The molecule has 0 spiro atoms. The number of benzene rings is 1. The molecule has 1 aromatic heterocycles. The van der Waals surface area contributed by atoms with Crippen LogP contribution in [0.2, 0.25) is 0 Å². The number of fused-ring (bicyclic) bond motifs is 1. The molecule has 4 rings (SSSR count). The second-order valence-electron chi connectivity index (χ2n) is 6.26. The third-order valence-electron chi connectivity index (χ3n) is 4.60. The van der Waals surface area contributed by atoms with Gasteiger partial charge in [-0.3, -0.25) is 0 Å². The molecule has 1 saturated heterocycles. The largest absolute Gasteiger partial charge is 0.493 e. The van der Waals surface area contributed by atoms with Crippen LogP contribution in [0.5, 0.6) is 11.6 Å². The summed E-state index contributed by atoms with van der Waals surface area (Å²) in [5, 5.41) is 3.50. The first kappa shape index (κ1) is 14.5. The van der Waals surface area contributed by atoms with Gasteiger partial charge in [0.25, 0.3) is 0 Å². The van der Waals surface area contributed by atoms with E-state index in [0.717, 1.165) is 30.9 Å². The highest BCUT2D eigenvalue weighted by molar-refractivity contribution is 5.66. The molecule has 4 heteroatoms. The van der Waals surface area contributed by atoms with Crippen molar-refractivity contribution in [2.75, 3.05) is 19.8 Å². The first-order chi connectivity index (χ1) is 11.4. The molecular weight excluding hydrogens is 288 g/mol. The normalized spacial score (nSPS) is 19.9. The highest BCUT2D eigenvalue weighted by atomic mass is 16.5. The van der Waals surface area contributed by atoms with Gasteiger partial charge < -0.3 is 14.8 Å². The molecule has 1 unspecified atom stereocenters. The summed E-state index contributed by atoms with van der Waals surface area (Å²) >= 11 is 0. The Morgan fingerprint density at radius 1 is 1.17 bits per heavy atom. The van der Waals surface area contributed by atoms with Gasteiger partial charge in [-0.1, -0.05) is 12.5 Å². The minimum atomic E-state index is 0.450. The predicted molar refractivity (Wildman–Crippen MR) is 90.0 cm³/mol. The van der Waals surface area contributed by atoms with Crippen molar-refractivity contribution >= 4 is 0 Å². The lowest BCUT2D eigenvalue weighted by Gasteiger charge is -2.23. The van der Waals surface area contributed by atoms with Crippen molar-refractivity contribution in [1.82, 2.24) is 10.3 Å². The molecule has 0 bridgehead atoms. The molecule has 2 aliphatic rings. The molecule has 1 atom stereocenters. The van der Waals surface area contributed by atoms with Crippen LogP contribution in [0, 0.1) is 0 Å². The van der Waals surface area contributed by atoms with Crippen molar-refractivity contribution in [3.63, 3.8) is 0 Å². The second-order valence-corrected chi connectivity index (χ2v) is 6.26. The van der Waals surface area contributed by atoms with Crippen LogP contribution in [0.15, 0.2) is 36.5 Å². The maximum atomic E-state index is 5.90. The van der Waals surface area contributed by atoms with Crippen LogP contribution in [0.25, 0.3) is 11.1 Å². The van der Waals surface area contributed by atoms with E-state index in [2.05, 4.69) is 28.5 Å². The summed E-state index contributed by atoms with van der Waals surface area (Å²) in [5.74, 6) is 1.72. The molecule has 1 aromatic carbocycles. The van der Waals surface area contributed by atoms with Gasteiger partial charge in [0.2, 0.25) is 5.88 Å². The minimum absolute atomic E-state index is 0.450. The first-order valence-corrected chi connectivity index (χ1v) is 8.47. The highest BCUT2D eigenvalue weighted by Crippen LogP contribution is 2.31. The SMILES string of the molecule is c1cc(-c2ccc3c(c2)CCO3)cc(OCC2CCCCN2)n1. The molecule has 120 valence electrons. The molecule has 0 saturated carbocycles. The van der Waals surface area contributed by atoms with E-state index >= 15 is 0 Å². The number of hydrogen-bond donors (Lipinski definition) is 1. The Kier molecular flexibility index (Phi) is 4.16. The molecule has 1 fully saturated rings. The van der Waals surface area contributed by atoms with Crippen LogP contribution in [-0.2, 0) is 6.42 Å². The van der Waals surface area contributed by atoms with Crippen molar-refractivity contribution in [1.29, 1.82) is 0 Å². The molecule has 0 aliphatic carbocycles. The fourth-order valence-electron chi connectivity index (χ4n) is 3.29. The predicted octanol–water partition coefficient (Wildman–Crippen LogP) is 3.20. The molecule has 2 aromatic rings. The van der Waals surface area contributed by atoms with Crippen molar-refractivity contribution in [2.24, 2.45) is 0 Å². The Balaban J connectivity index is 1.47. The maximum absolute atomic E-state index is 5.90. The lowest BCUT2D eigenvalue weighted by molar-refractivity contribution is 0.232. The summed E-state index contributed by atoms with van der Waals surface area (Å²) in [6, 6.07) is 10.9. The van der Waals surface area contributed by atoms with E-state index in [4.69, 9.17) is 9.47 Å². The van der Waals surface area contributed by atoms with Crippen molar-refractivity contribution < 1.29 is 9.47 Å². The van der Waals surface area contributed by atoms with Crippen molar-refractivity contribution in [2.45, 2.75) is 31.7 Å². The lowest BCUT2D eigenvalue weighted by Crippen LogP contribution is -2.38. The molecule has 3 heterocycles. The van der Waals surface area contributed by atoms with Gasteiger partial charge in [0.1, 0.15) is 12.4 Å². The zero-order valence-corrected chi connectivity index (χ0v) is 13.3. The molecule has 0 amide bonds. The van der Waals surface area contributed by atoms with E-state index in [1.54, 1.807) is 0 Å². The quantitative estimate of drug-likeness (QED) is 0.942. The topological polar surface area (TPSA) is 43.4 Å². The average Bonchev–Trinajstić information content (AvgIpc) is 3.09. The number of aromatic nitrogens is 1. The van der Waals surface area contributed by atoms with E-state index in [-0.39, 0.29) is 0 Å². The van der Waals surface area contributed by atoms with Gasteiger partial charge in [0, 0.05) is 24.7 Å².